The summed E-state index contributed by atoms with van der Waals surface area (Å²) in [5, 5.41) is 3.07. The first-order chi connectivity index (χ1) is 11.4. The van der Waals surface area contributed by atoms with Crippen LogP contribution in [0.15, 0.2) is 23.2 Å². The van der Waals surface area contributed by atoms with Gasteiger partial charge in [0.1, 0.15) is 25.2 Å². The largest absolute Gasteiger partial charge is 0.606 e. The van der Waals surface area contributed by atoms with Crippen molar-refractivity contribution < 1.29 is 28.0 Å². The van der Waals surface area contributed by atoms with Gasteiger partial charge in [0.2, 0.25) is 5.91 Å². The Labute approximate surface area is 148 Å². The van der Waals surface area contributed by atoms with Gasteiger partial charge in [0.05, 0.1) is 22.8 Å². The summed E-state index contributed by atoms with van der Waals surface area (Å²) in [7, 11) is -2.15. The minimum Gasteiger partial charge on any atom is -0.606 e. The van der Waals surface area contributed by atoms with Crippen molar-refractivity contribution in [2.24, 2.45) is 10.4 Å². The lowest BCUT2D eigenvalue weighted by molar-refractivity contribution is -0.284. The Hall–Kier alpha value is -0.990. The van der Waals surface area contributed by atoms with Crippen LogP contribution in [0.3, 0.4) is 0 Å². The van der Waals surface area contributed by atoms with Crippen molar-refractivity contribution in [3.8, 4) is 0 Å². The van der Waals surface area contributed by atoms with E-state index >= 15 is 0 Å². The van der Waals surface area contributed by atoms with Crippen LogP contribution in [0.5, 0.6) is 0 Å². The molecule has 0 unspecified atom stereocenters. The molecule has 0 radical (unpaired) electrons. The summed E-state index contributed by atoms with van der Waals surface area (Å²) in [4.78, 5) is 28.4. The van der Waals surface area contributed by atoms with Crippen LogP contribution in [0.1, 0.15) is 0 Å². The molecule has 24 heavy (non-hydrogen) atoms. The van der Waals surface area contributed by atoms with Gasteiger partial charge in [0.25, 0.3) is 6.02 Å². The van der Waals surface area contributed by atoms with E-state index in [4.69, 9.17) is 41.5 Å². The van der Waals surface area contributed by atoms with Crippen LogP contribution in [0, 0.1) is 5.41 Å². The highest BCUT2D eigenvalue weighted by Gasteiger charge is 2.59. The molecule has 0 aliphatic carbocycles. The van der Waals surface area contributed by atoms with Crippen LogP contribution < -0.4 is 10.2 Å². The number of hydrogen-bond acceptors (Lipinski definition) is 7. The molecular formula is C13H13Cl2N2O6P. The first kappa shape index (κ1) is 17.8. The highest BCUT2D eigenvalue weighted by atomic mass is 35.5. The molecule has 0 spiro atoms. The van der Waals surface area contributed by atoms with E-state index in [0.717, 1.165) is 0 Å². The van der Waals surface area contributed by atoms with Gasteiger partial charge in [-0.3, -0.25) is 10.1 Å². The predicted molar refractivity (Wildman–Crippen MR) is 85.9 cm³/mol. The standard InChI is InChI=1S/C13H13Cl2N2O6P/c1-20-12(16-9-4-2-3-8(14)10(9)15)17-11(18)13-5-21-24(19,22-6-13)23-7-13/h2-4H,5-7H2,1H3,(H,16,17,18). The number of aliphatic imine (C=N–C) groups is 1. The van der Waals surface area contributed by atoms with Crippen molar-refractivity contribution in [2.45, 2.75) is 0 Å². The molecule has 1 aromatic carbocycles. The predicted octanol–water partition coefficient (Wildman–Crippen LogP) is 1.84. The first-order valence-electron chi connectivity index (χ1n) is 6.79. The lowest BCUT2D eigenvalue weighted by Gasteiger charge is -2.44. The maximum Gasteiger partial charge on any atom is 0.379 e. The van der Waals surface area contributed by atoms with Crippen molar-refractivity contribution in [1.29, 1.82) is 0 Å². The quantitative estimate of drug-likeness (QED) is 0.466. The second-order valence-corrected chi connectivity index (χ2v) is 7.65. The number of benzene rings is 1. The summed E-state index contributed by atoms with van der Waals surface area (Å²) in [6.07, 6.45) is 0. The summed E-state index contributed by atoms with van der Waals surface area (Å²) in [5.41, 5.74) is -0.789. The number of amides is 1. The number of methoxy groups -OCH3 is 1. The Morgan fingerprint density at radius 3 is 2.54 bits per heavy atom. The van der Waals surface area contributed by atoms with Crippen LogP contribution in [0.4, 0.5) is 5.69 Å². The van der Waals surface area contributed by atoms with Crippen LogP contribution in [0.25, 0.3) is 0 Å². The second-order valence-electron chi connectivity index (χ2n) is 5.20. The molecule has 1 amide bonds. The number of ether oxygens (including phenoxy) is 1. The molecule has 3 heterocycles. The van der Waals surface area contributed by atoms with E-state index in [1.807, 2.05) is 0 Å². The monoisotopic (exact) mass is 394 g/mol. The molecular weight excluding hydrogens is 382 g/mol. The first-order valence-corrected chi connectivity index (χ1v) is 9.01. The van der Waals surface area contributed by atoms with Crippen LogP contribution >= 0.6 is 31.4 Å². The van der Waals surface area contributed by atoms with Crippen LogP contribution in [-0.2, 0) is 23.1 Å². The Morgan fingerprint density at radius 2 is 1.96 bits per heavy atom. The zero-order valence-electron chi connectivity index (χ0n) is 12.5. The number of carbonyl (C=O) groups excluding carboxylic acids is 1. The maximum absolute atomic E-state index is 12.5. The Kier molecular flexibility index (Phi) is 4.99. The average molecular weight is 395 g/mol. The number of amidine groups is 1. The molecule has 3 aliphatic heterocycles. The third-order valence-corrected chi connectivity index (χ3v) is 5.69. The van der Waals surface area contributed by atoms with E-state index in [9.17, 15) is 9.69 Å². The van der Waals surface area contributed by atoms with Crippen LogP contribution in [0.2, 0.25) is 10.0 Å². The van der Waals surface area contributed by atoms with Crippen LogP contribution in [-0.4, -0.2) is 38.9 Å². The molecule has 1 aromatic rings. The fraction of sp³-hybridized carbons (Fsp3) is 0.385. The number of nitrogens with one attached hydrogen (secondary N) is 1. The number of phosphoric ester groups is 1. The van der Waals surface area contributed by atoms with E-state index < -0.39 is 19.5 Å². The molecule has 130 valence electrons. The minimum absolute atomic E-state index is 0.0783. The van der Waals surface area contributed by atoms with E-state index in [2.05, 4.69) is 10.3 Å². The van der Waals surface area contributed by atoms with Gasteiger partial charge in [0, 0.05) is 0 Å². The van der Waals surface area contributed by atoms with Gasteiger partial charge in [0.15, 0.2) is 0 Å². The van der Waals surface area contributed by atoms with Crippen molar-refractivity contribution in [3.63, 3.8) is 0 Å². The van der Waals surface area contributed by atoms with Crippen molar-refractivity contribution in [3.05, 3.63) is 28.2 Å². The molecule has 3 aliphatic rings. The van der Waals surface area contributed by atoms with Gasteiger partial charge in [-0.05, 0) is 12.1 Å². The molecule has 1 N–H and O–H groups in total. The summed E-state index contributed by atoms with van der Waals surface area (Å²) < 4.78 is 20.0. The fourth-order valence-corrected chi connectivity index (χ4v) is 3.86. The normalized spacial score (nSPS) is 29.4. The third kappa shape index (κ3) is 3.36. The van der Waals surface area contributed by atoms with E-state index in [-0.39, 0.29) is 30.9 Å². The zero-order chi connectivity index (χ0) is 17.4. The van der Waals surface area contributed by atoms with Crippen molar-refractivity contribution in [2.75, 3.05) is 26.9 Å². The number of halogens is 2. The second kappa shape index (κ2) is 6.72. The zero-order valence-corrected chi connectivity index (χ0v) is 14.9. The van der Waals surface area contributed by atoms with Gasteiger partial charge in [-0.15, -0.1) is 0 Å². The molecule has 8 nitrogen and oxygen atoms in total. The smallest absolute Gasteiger partial charge is 0.379 e. The Balaban J connectivity index is 1.77. The number of fused-ring (bicyclic) bond motifs is 3. The summed E-state index contributed by atoms with van der Waals surface area (Å²) in [6.45, 7) is -0.235. The van der Waals surface area contributed by atoms with Gasteiger partial charge in [-0.2, -0.15) is 18.6 Å². The molecule has 0 saturated carbocycles. The number of carbonyl (C=O) groups is 1. The fourth-order valence-electron chi connectivity index (χ4n) is 2.08. The average Bonchev–Trinajstić information content (AvgIpc) is 2.59. The maximum atomic E-state index is 12.5. The topological polar surface area (TPSA) is 101 Å². The SMILES string of the molecule is COC(=Nc1cccc(Cl)c1Cl)NC(=O)C12CO[P+]([O-])(OC1)OC2. The molecule has 3 saturated heterocycles. The molecule has 2 bridgehead atoms. The highest BCUT2D eigenvalue weighted by Crippen LogP contribution is 2.63. The molecule has 11 heteroatoms. The van der Waals surface area contributed by atoms with Gasteiger partial charge >= 0.3 is 8.17 Å². The Bertz CT molecular complexity index is 677. The highest BCUT2D eigenvalue weighted by molar-refractivity contribution is 7.54. The lowest BCUT2D eigenvalue weighted by atomic mass is 9.90. The van der Waals surface area contributed by atoms with Crippen molar-refractivity contribution >= 4 is 49.0 Å². The number of rotatable bonds is 2. The van der Waals surface area contributed by atoms with E-state index in [1.54, 1.807) is 18.2 Å². The number of nitrogens with zero attached hydrogens (tertiary/aromatic N) is 1. The summed E-state index contributed by atoms with van der Waals surface area (Å²) >= 11 is 12.0. The molecule has 3 fully saturated rings. The third-order valence-electron chi connectivity index (χ3n) is 3.55. The summed E-state index contributed by atoms with van der Waals surface area (Å²) in [6, 6.07) is 4.81. The van der Waals surface area contributed by atoms with E-state index in [0.29, 0.717) is 10.7 Å². The molecule has 4 rings (SSSR count). The number of phosphoric acid groups is 1. The Morgan fingerprint density at radius 1 is 1.33 bits per heavy atom. The lowest BCUT2D eigenvalue weighted by Crippen LogP contribution is -2.58. The van der Waals surface area contributed by atoms with Gasteiger partial charge < -0.3 is 9.63 Å². The summed E-state index contributed by atoms with van der Waals surface area (Å²) in [5.74, 6) is -0.493. The van der Waals surface area contributed by atoms with Gasteiger partial charge in [-0.1, -0.05) is 29.3 Å². The van der Waals surface area contributed by atoms with Gasteiger partial charge in [-0.25, -0.2) is 0 Å². The van der Waals surface area contributed by atoms with Crippen molar-refractivity contribution in [1.82, 2.24) is 5.32 Å². The number of hydrogen-bond donors (Lipinski definition) is 1. The molecule has 0 atom stereocenters. The minimum atomic E-state index is -3.49. The molecule has 0 aromatic heterocycles. The van der Waals surface area contributed by atoms with E-state index in [1.165, 1.54) is 7.11 Å².